The predicted molar refractivity (Wildman–Crippen MR) is 131 cm³/mol. The molecule has 0 radical (unpaired) electrons. The molecule has 3 rings (SSSR count). The van der Waals surface area contributed by atoms with Crippen LogP contribution in [0.15, 0.2) is 72.8 Å². The number of carbonyl (C=O) groups is 3. The summed E-state index contributed by atoms with van der Waals surface area (Å²) in [6, 6.07) is 21.7. The highest BCUT2D eigenvalue weighted by atomic mass is 16.5. The van der Waals surface area contributed by atoms with Crippen LogP contribution < -0.4 is 20.1 Å². The lowest BCUT2D eigenvalue weighted by Crippen LogP contribution is -2.34. The molecular formula is C27H28N2O6. The molecule has 35 heavy (non-hydrogen) atoms. The van der Waals surface area contributed by atoms with Crippen molar-refractivity contribution in [1.82, 2.24) is 10.6 Å². The van der Waals surface area contributed by atoms with Gasteiger partial charge in [-0.15, -0.1) is 0 Å². The minimum atomic E-state index is -0.721. The standard InChI is InChI=1S/C27H28N2O6/c1-18(23-15-22(33-2)13-14-24(23)34-3)29-25(30)17-35-26(31)16-28-27(32)21-11-9-20(10-12-21)19-7-5-4-6-8-19/h4-15,18H,16-17H2,1-3H3,(H,28,32)(H,29,30). The Kier molecular flexibility index (Phi) is 8.83. The summed E-state index contributed by atoms with van der Waals surface area (Å²) in [6.45, 7) is 0.948. The van der Waals surface area contributed by atoms with E-state index in [1.54, 1.807) is 44.4 Å². The molecular weight excluding hydrogens is 448 g/mol. The van der Waals surface area contributed by atoms with Crippen molar-refractivity contribution in [3.05, 3.63) is 83.9 Å². The van der Waals surface area contributed by atoms with E-state index in [4.69, 9.17) is 14.2 Å². The van der Waals surface area contributed by atoms with Crippen molar-refractivity contribution in [2.75, 3.05) is 27.4 Å². The van der Waals surface area contributed by atoms with Gasteiger partial charge in [0.05, 0.1) is 20.3 Å². The lowest BCUT2D eigenvalue weighted by Gasteiger charge is -2.18. The van der Waals surface area contributed by atoms with Crippen LogP contribution in [0.25, 0.3) is 11.1 Å². The van der Waals surface area contributed by atoms with Gasteiger partial charge in [-0.3, -0.25) is 14.4 Å². The van der Waals surface area contributed by atoms with E-state index < -0.39 is 30.4 Å². The fourth-order valence-electron chi connectivity index (χ4n) is 3.43. The van der Waals surface area contributed by atoms with Gasteiger partial charge >= 0.3 is 5.97 Å². The van der Waals surface area contributed by atoms with Crippen molar-refractivity contribution in [2.45, 2.75) is 13.0 Å². The van der Waals surface area contributed by atoms with E-state index in [-0.39, 0.29) is 6.54 Å². The second kappa shape index (κ2) is 12.2. The van der Waals surface area contributed by atoms with Gasteiger partial charge in [-0.2, -0.15) is 0 Å². The molecule has 0 aliphatic heterocycles. The Hall–Kier alpha value is -4.33. The second-order valence-electron chi connectivity index (χ2n) is 7.68. The third-order valence-corrected chi connectivity index (χ3v) is 5.29. The molecule has 182 valence electrons. The van der Waals surface area contributed by atoms with Gasteiger partial charge in [0.25, 0.3) is 11.8 Å². The maximum atomic E-state index is 12.3. The van der Waals surface area contributed by atoms with Gasteiger partial charge in [-0.1, -0.05) is 42.5 Å². The van der Waals surface area contributed by atoms with Crippen molar-refractivity contribution in [1.29, 1.82) is 0 Å². The van der Waals surface area contributed by atoms with Crippen LogP contribution in [0, 0.1) is 0 Å². The molecule has 1 unspecified atom stereocenters. The molecule has 1 atom stereocenters. The number of hydrogen-bond acceptors (Lipinski definition) is 6. The van der Waals surface area contributed by atoms with Gasteiger partial charge in [-0.05, 0) is 48.4 Å². The third-order valence-electron chi connectivity index (χ3n) is 5.29. The van der Waals surface area contributed by atoms with Crippen LogP contribution in [0.2, 0.25) is 0 Å². The molecule has 0 aliphatic carbocycles. The summed E-state index contributed by atoms with van der Waals surface area (Å²) in [7, 11) is 3.08. The molecule has 0 aliphatic rings. The molecule has 0 aromatic heterocycles. The maximum absolute atomic E-state index is 12.3. The largest absolute Gasteiger partial charge is 0.497 e. The molecule has 8 heteroatoms. The van der Waals surface area contributed by atoms with Crippen LogP contribution in [0.4, 0.5) is 0 Å². The van der Waals surface area contributed by atoms with E-state index in [0.29, 0.717) is 17.1 Å². The van der Waals surface area contributed by atoms with E-state index in [2.05, 4.69) is 10.6 Å². The zero-order valence-electron chi connectivity index (χ0n) is 19.9. The molecule has 2 amide bonds. The number of hydrogen-bond donors (Lipinski definition) is 2. The van der Waals surface area contributed by atoms with Crippen LogP contribution in [-0.2, 0) is 14.3 Å². The van der Waals surface area contributed by atoms with E-state index in [9.17, 15) is 14.4 Å². The van der Waals surface area contributed by atoms with Crippen molar-refractivity contribution in [3.63, 3.8) is 0 Å². The summed E-state index contributed by atoms with van der Waals surface area (Å²) in [5.74, 6) is -0.404. The van der Waals surface area contributed by atoms with E-state index in [1.807, 2.05) is 42.5 Å². The zero-order chi connectivity index (χ0) is 25.2. The fourth-order valence-corrected chi connectivity index (χ4v) is 3.43. The van der Waals surface area contributed by atoms with Crippen molar-refractivity contribution in [3.8, 4) is 22.6 Å². The van der Waals surface area contributed by atoms with Gasteiger partial charge in [0.15, 0.2) is 6.61 Å². The number of amides is 2. The van der Waals surface area contributed by atoms with Crippen LogP contribution in [0.5, 0.6) is 11.5 Å². The monoisotopic (exact) mass is 476 g/mol. The number of benzene rings is 3. The van der Waals surface area contributed by atoms with Crippen LogP contribution in [-0.4, -0.2) is 45.2 Å². The van der Waals surface area contributed by atoms with Gasteiger partial charge in [0.2, 0.25) is 0 Å². The summed E-state index contributed by atoms with van der Waals surface area (Å²) in [6.07, 6.45) is 0. The van der Waals surface area contributed by atoms with Gasteiger partial charge < -0.3 is 24.8 Å². The summed E-state index contributed by atoms with van der Waals surface area (Å²) >= 11 is 0. The Morgan fingerprint density at radius 2 is 1.54 bits per heavy atom. The molecule has 0 saturated heterocycles. The lowest BCUT2D eigenvalue weighted by molar-refractivity contribution is -0.147. The van der Waals surface area contributed by atoms with Crippen LogP contribution >= 0.6 is 0 Å². The molecule has 0 saturated carbocycles. The van der Waals surface area contributed by atoms with Crippen LogP contribution in [0.1, 0.15) is 28.9 Å². The number of nitrogens with one attached hydrogen (secondary N) is 2. The molecule has 3 aromatic rings. The van der Waals surface area contributed by atoms with Crippen molar-refractivity contribution >= 4 is 17.8 Å². The number of rotatable bonds is 10. The first-order valence-electron chi connectivity index (χ1n) is 11.0. The average molecular weight is 477 g/mol. The molecule has 8 nitrogen and oxygen atoms in total. The van der Waals surface area contributed by atoms with Crippen LogP contribution in [0.3, 0.4) is 0 Å². The van der Waals surface area contributed by atoms with Gasteiger partial charge in [0, 0.05) is 11.1 Å². The molecule has 0 fully saturated rings. The van der Waals surface area contributed by atoms with Crippen molar-refractivity contribution in [2.24, 2.45) is 0 Å². The molecule has 0 spiro atoms. The van der Waals surface area contributed by atoms with Gasteiger partial charge in [0.1, 0.15) is 18.0 Å². The average Bonchev–Trinajstić information content (AvgIpc) is 2.90. The number of ether oxygens (including phenoxy) is 3. The highest BCUT2D eigenvalue weighted by Crippen LogP contribution is 2.29. The minimum absolute atomic E-state index is 0.355. The molecule has 3 aromatic carbocycles. The first kappa shape index (κ1) is 25.3. The minimum Gasteiger partial charge on any atom is -0.497 e. The summed E-state index contributed by atoms with van der Waals surface area (Å²) in [5, 5.41) is 5.25. The Bertz CT molecular complexity index is 1160. The normalized spacial score (nSPS) is 11.2. The topological polar surface area (TPSA) is 103 Å². The number of methoxy groups -OCH3 is 2. The van der Waals surface area contributed by atoms with E-state index in [0.717, 1.165) is 16.7 Å². The summed E-state index contributed by atoms with van der Waals surface area (Å²) in [4.78, 5) is 36.6. The predicted octanol–water partition coefficient (Wildman–Crippen LogP) is 3.52. The quantitative estimate of drug-likeness (QED) is 0.434. The lowest BCUT2D eigenvalue weighted by atomic mass is 10.0. The highest BCUT2D eigenvalue weighted by Gasteiger charge is 2.17. The fraction of sp³-hybridized carbons (Fsp3) is 0.222. The SMILES string of the molecule is COc1ccc(OC)c(C(C)NC(=O)COC(=O)CNC(=O)c2ccc(-c3ccccc3)cc2)c1. The Morgan fingerprint density at radius 1 is 0.857 bits per heavy atom. The Balaban J connectivity index is 1.44. The highest BCUT2D eigenvalue weighted by molar-refractivity contribution is 5.96. The summed E-state index contributed by atoms with van der Waals surface area (Å²) in [5.41, 5.74) is 3.15. The molecule has 0 bridgehead atoms. The maximum Gasteiger partial charge on any atom is 0.325 e. The Morgan fingerprint density at radius 3 is 2.20 bits per heavy atom. The Labute approximate surface area is 204 Å². The van der Waals surface area contributed by atoms with E-state index in [1.165, 1.54) is 7.11 Å². The first-order valence-corrected chi connectivity index (χ1v) is 11.0. The second-order valence-corrected chi connectivity index (χ2v) is 7.68. The van der Waals surface area contributed by atoms with Crippen molar-refractivity contribution < 1.29 is 28.6 Å². The zero-order valence-corrected chi connectivity index (χ0v) is 19.9. The third kappa shape index (κ3) is 7.07. The smallest absolute Gasteiger partial charge is 0.325 e. The molecule has 0 heterocycles. The summed E-state index contributed by atoms with van der Waals surface area (Å²) < 4.78 is 15.5. The number of carbonyl (C=O) groups excluding carboxylic acids is 3. The number of esters is 1. The van der Waals surface area contributed by atoms with E-state index >= 15 is 0 Å². The molecule has 2 N–H and O–H groups in total. The first-order chi connectivity index (χ1) is 16.9. The van der Waals surface area contributed by atoms with Gasteiger partial charge in [-0.25, -0.2) is 0 Å².